The number of carbonyl (C=O) groups is 3. The summed E-state index contributed by atoms with van der Waals surface area (Å²) in [6.07, 6.45) is 4.93. The van der Waals surface area contributed by atoms with Crippen LogP contribution in [0.4, 0.5) is 9.93 Å². The summed E-state index contributed by atoms with van der Waals surface area (Å²) in [7, 11) is 0. The molecule has 0 saturated carbocycles. The molecule has 0 bridgehead atoms. The van der Waals surface area contributed by atoms with Gasteiger partial charge in [-0.3, -0.25) is 14.5 Å². The number of hydrogen-bond donors (Lipinski definition) is 3. The maximum Gasteiger partial charge on any atom is 0.325 e. The number of hydrogen-bond acceptors (Lipinski definition) is 6. The molecule has 0 unspecified atom stereocenters. The third kappa shape index (κ3) is 3.59. The van der Waals surface area contributed by atoms with Crippen molar-refractivity contribution in [3.05, 3.63) is 11.1 Å². The van der Waals surface area contributed by atoms with Gasteiger partial charge in [-0.15, -0.1) is 11.3 Å². The van der Waals surface area contributed by atoms with E-state index in [0.29, 0.717) is 23.9 Å². The topological polar surface area (TPSA) is 103 Å². The van der Waals surface area contributed by atoms with E-state index in [1.165, 1.54) is 11.3 Å². The van der Waals surface area contributed by atoms with Gasteiger partial charge in [0.05, 0.1) is 0 Å². The first-order valence-corrected chi connectivity index (χ1v) is 9.91. The SMILES string of the molecule is CCC1(CC)NC(=O)N(CC(=O)Nc2ncc(C3CCNCC3)s2)C1=O. The molecule has 4 amide bonds. The maximum atomic E-state index is 12.5. The van der Waals surface area contributed by atoms with Gasteiger partial charge in [-0.25, -0.2) is 9.78 Å². The van der Waals surface area contributed by atoms with Gasteiger partial charge in [-0.05, 0) is 44.7 Å². The molecular weight excluding hydrogens is 354 g/mol. The third-order valence-electron chi connectivity index (χ3n) is 5.27. The van der Waals surface area contributed by atoms with Crippen LogP contribution in [-0.4, -0.2) is 52.9 Å². The number of carbonyl (C=O) groups excluding carboxylic acids is 3. The van der Waals surface area contributed by atoms with E-state index >= 15 is 0 Å². The van der Waals surface area contributed by atoms with Gasteiger partial charge in [-0.1, -0.05) is 13.8 Å². The summed E-state index contributed by atoms with van der Waals surface area (Å²) in [5.74, 6) is -0.278. The second kappa shape index (κ2) is 7.71. The predicted molar refractivity (Wildman–Crippen MR) is 99.1 cm³/mol. The highest BCUT2D eigenvalue weighted by Crippen LogP contribution is 2.31. The van der Waals surface area contributed by atoms with Gasteiger partial charge in [0, 0.05) is 11.1 Å². The van der Waals surface area contributed by atoms with E-state index in [4.69, 9.17) is 0 Å². The Balaban J connectivity index is 1.60. The molecular formula is C17H25N5O3S. The first kappa shape index (κ1) is 18.8. The fourth-order valence-corrected chi connectivity index (χ4v) is 4.49. The van der Waals surface area contributed by atoms with Gasteiger partial charge in [-0.2, -0.15) is 0 Å². The van der Waals surface area contributed by atoms with Gasteiger partial charge in [0.25, 0.3) is 5.91 Å². The van der Waals surface area contributed by atoms with Crippen LogP contribution in [0.2, 0.25) is 0 Å². The van der Waals surface area contributed by atoms with Crippen molar-refractivity contribution >= 4 is 34.3 Å². The van der Waals surface area contributed by atoms with Crippen LogP contribution >= 0.6 is 11.3 Å². The van der Waals surface area contributed by atoms with E-state index in [9.17, 15) is 14.4 Å². The molecule has 0 atom stereocenters. The van der Waals surface area contributed by atoms with Crippen LogP contribution < -0.4 is 16.0 Å². The van der Waals surface area contributed by atoms with Crippen molar-refractivity contribution in [2.45, 2.75) is 51.0 Å². The van der Waals surface area contributed by atoms with Crippen LogP contribution in [0.5, 0.6) is 0 Å². The number of thiazole rings is 1. The van der Waals surface area contributed by atoms with E-state index in [0.717, 1.165) is 35.7 Å². The van der Waals surface area contributed by atoms with Crippen molar-refractivity contribution in [2.75, 3.05) is 25.0 Å². The Labute approximate surface area is 156 Å². The fraction of sp³-hybridized carbons (Fsp3) is 0.647. The largest absolute Gasteiger partial charge is 0.325 e. The minimum absolute atomic E-state index is 0.297. The zero-order valence-electron chi connectivity index (χ0n) is 15.1. The number of nitrogens with zero attached hydrogens (tertiary/aromatic N) is 2. The van der Waals surface area contributed by atoms with Crippen molar-refractivity contribution < 1.29 is 14.4 Å². The number of amides is 4. The molecule has 2 aliphatic rings. The molecule has 9 heteroatoms. The van der Waals surface area contributed by atoms with Gasteiger partial charge in [0.15, 0.2) is 5.13 Å². The van der Waals surface area contributed by atoms with Gasteiger partial charge in [0.1, 0.15) is 12.1 Å². The molecule has 1 aromatic rings. The zero-order valence-corrected chi connectivity index (χ0v) is 15.9. The summed E-state index contributed by atoms with van der Waals surface area (Å²) in [5, 5.41) is 9.27. The minimum Gasteiger partial charge on any atom is -0.323 e. The summed E-state index contributed by atoms with van der Waals surface area (Å²) >= 11 is 1.46. The molecule has 8 nitrogen and oxygen atoms in total. The van der Waals surface area contributed by atoms with Gasteiger partial charge in [0.2, 0.25) is 5.91 Å². The Bertz CT molecular complexity index is 694. The fourth-order valence-electron chi connectivity index (χ4n) is 3.49. The molecule has 0 radical (unpaired) electrons. The number of urea groups is 1. The average molecular weight is 379 g/mol. The smallest absolute Gasteiger partial charge is 0.323 e. The van der Waals surface area contributed by atoms with Crippen molar-refractivity contribution in [1.82, 2.24) is 20.5 Å². The van der Waals surface area contributed by atoms with Crippen molar-refractivity contribution in [3.63, 3.8) is 0 Å². The lowest BCUT2D eigenvalue weighted by molar-refractivity contribution is -0.134. The Morgan fingerprint density at radius 2 is 2.04 bits per heavy atom. The van der Waals surface area contributed by atoms with Crippen molar-refractivity contribution in [2.24, 2.45) is 0 Å². The number of rotatable bonds is 6. The molecule has 2 aliphatic heterocycles. The lowest BCUT2D eigenvalue weighted by Crippen LogP contribution is -2.46. The number of piperidine rings is 1. The Kier molecular flexibility index (Phi) is 5.57. The number of nitrogens with one attached hydrogen (secondary N) is 3. The first-order valence-electron chi connectivity index (χ1n) is 9.09. The van der Waals surface area contributed by atoms with Crippen LogP contribution in [0.15, 0.2) is 6.20 Å². The third-order valence-corrected chi connectivity index (χ3v) is 6.34. The van der Waals surface area contributed by atoms with Crippen molar-refractivity contribution in [3.8, 4) is 0 Å². The molecule has 0 aromatic carbocycles. The highest BCUT2D eigenvalue weighted by Gasteiger charge is 2.49. The van der Waals surface area contributed by atoms with E-state index in [1.54, 1.807) is 0 Å². The summed E-state index contributed by atoms with van der Waals surface area (Å²) in [5.41, 5.74) is -0.888. The Hall–Kier alpha value is -2.00. The van der Waals surface area contributed by atoms with E-state index in [-0.39, 0.29) is 12.5 Å². The van der Waals surface area contributed by atoms with Crippen LogP contribution in [0.25, 0.3) is 0 Å². The highest BCUT2D eigenvalue weighted by molar-refractivity contribution is 7.15. The Morgan fingerprint density at radius 1 is 1.35 bits per heavy atom. The predicted octanol–water partition coefficient (Wildman–Crippen LogP) is 1.66. The van der Waals surface area contributed by atoms with Crippen LogP contribution in [0.1, 0.15) is 50.3 Å². The lowest BCUT2D eigenvalue weighted by Gasteiger charge is -2.22. The van der Waals surface area contributed by atoms with E-state index < -0.39 is 17.5 Å². The second-order valence-electron chi connectivity index (χ2n) is 6.75. The standard InChI is InChI=1S/C17H25N5O3S/c1-3-17(4-2)14(24)22(16(25)21-17)10-13(23)20-15-19-9-12(26-15)11-5-7-18-8-6-11/h9,11,18H,3-8,10H2,1-2H3,(H,21,25)(H,19,20,23). The molecule has 26 heavy (non-hydrogen) atoms. The summed E-state index contributed by atoms with van der Waals surface area (Å²) in [4.78, 5) is 43.4. The molecule has 3 heterocycles. The second-order valence-corrected chi connectivity index (χ2v) is 7.81. The van der Waals surface area contributed by atoms with Gasteiger partial charge >= 0.3 is 6.03 Å². The number of anilines is 1. The summed E-state index contributed by atoms with van der Waals surface area (Å²) in [6.45, 7) is 5.39. The summed E-state index contributed by atoms with van der Waals surface area (Å²) in [6, 6.07) is -0.511. The van der Waals surface area contributed by atoms with Crippen LogP contribution in [0, 0.1) is 0 Å². The first-order chi connectivity index (χ1) is 12.5. The molecule has 1 aromatic heterocycles. The van der Waals surface area contributed by atoms with E-state index in [1.807, 2.05) is 20.0 Å². The molecule has 2 fully saturated rings. The molecule has 0 aliphatic carbocycles. The zero-order chi connectivity index (χ0) is 18.7. The highest BCUT2D eigenvalue weighted by atomic mass is 32.1. The average Bonchev–Trinajstić information content (AvgIpc) is 3.21. The monoisotopic (exact) mass is 379 g/mol. The van der Waals surface area contributed by atoms with Gasteiger partial charge < -0.3 is 16.0 Å². The van der Waals surface area contributed by atoms with Crippen LogP contribution in [0.3, 0.4) is 0 Å². The quantitative estimate of drug-likeness (QED) is 0.652. The minimum atomic E-state index is -0.888. The molecule has 0 spiro atoms. The normalized spacial score (nSPS) is 20.3. The molecule has 3 N–H and O–H groups in total. The van der Waals surface area contributed by atoms with E-state index in [2.05, 4.69) is 20.9 Å². The van der Waals surface area contributed by atoms with Crippen molar-refractivity contribution in [1.29, 1.82) is 0 Å². The maximum absolute atomic E-state index is 12.5. The molecule has 2 saturated heterocycles. The summed E-state index contributed by atoms with van der Waals surface area (Å²) < 4.78 is 0. The Morgan fingerprint density at radius 3 is 2.65 bits per heavy atom. The van der Waals surface area contributed by atoms with Crippen LogP contribution in [-0.2, 0) is 9.59 Å². The lowest BCUT2D eigenvalue weighted by atomic mass is 9.93. The molecule has 3 rings (SSSR count). The molecule has 142 valence electrons. The number of imide groups is 1. The number of aromatic nitrogens is 1.